The molecule has 246 valence electrons. The molecule has 0 saturated carbocycles. The smallest absolute Gasteiger partial charge is 0.0575 e. The maximum atomic E-state index is 2.58. The van der Waals surface area contributed by atoms with Crippen LogP contribution < -0.4 is 0 Å². The zero-order valence-corrected chi connectivity index (χ0v) is 32.2. The van der Waals surface area contributed by atoms with E-state index in [2.05, 4.69) is 144 Å². The van der Waals surface area contributed by atoms with E-state index in [1.54, 1.807) is 0 Å². The van der Waals surface area contributed by atoms with Crippen molar-refractivity contribution in [3.05, 3.63) is 108 Å². The number of nitrogens with zero attached hydrogens (tertiary/aromatic N) is 2. The molecule has 48 heavy (non-hydrogen) atoms. The van der Waals surface area contributed by atoms with E-state index in [4.69, 9.17) is 0 Å². The summed E-state index contributed by atoms with van der Waals surface area (Å²) in [6.07, 6.45) is 0. The fraction of sp³-hybridized carbons (Fsp3) is 0.348. The van der Waals surface area contributed by atoms with Gasteiger partial charge in [-0.15, -0.1) is 0 Å². The first kappa shape index (κ1) is 32.3. The van der Waals surface area contributed by atoms with E-state index in [0.29, 0.717) is 0 Å². The van der Waals surface area contributed by atoms with Crippen molar-refractivity contribution in [1.82, 2.24) is 9.13 Å². The average Bonchev–Trinajstić information content (AvgIpc) is 3.59. The van der Waals surface area contributed by atoms with Crippen LogP contribution in [0.15, 0.2) is 24.3 Å². The molecule has 7 rings (SSSR count). The molecular formula is C46H52N2. The number of fused-ring (bicyclic) bond motifs is 6. The van der Waals surface area contributed by atoms with Crippen molar-refractivity contribution < 1.29 is 0 Å². The van der Waals surface area contributed by atoms with E-state index in [0.717, 1.165) is 0 Å². The monoisotopic (exact) mass is 632 g/mol. The molecule has 0 radical (unpaired) electrons. The van der Waals surface area contributed by atoms with Crippen LogP contribution in [0.25, 0.3) is 60.4 Å². The molecule has 0 fully saturated rings. The molecule has 0 spiro atoms. The molecule has 0 saturated heterocycles. The van der Waals surface area contributed by atoms with Crippen molar-refractivity contribution in [3.63, 3.8) is 0 Å². The second-order valence-corrected chi connectivity index (χ2v) is 15.1. The maximum absolute atomic E-state index is 2.58. The molecule has 0 atom stereocenters. The number of hydrogen-bond acceptors (Lipinski definition) is 0. The number of aromatic nitrogens is 2. The Morgan fingerprint density at radius 1 is 0.312 bits per heavy atom. The summed E-state index contributed by atoms with van der Waals surface area (Å²) < 4.78 is 5.05. The van der Waals surface area contributed by atoms with Crippen LogP contribution in [-0.2, 0) is 7.05 Å². The van der Waals surface area contributed by atoms with Crippen LogP contribution in [0.2, 0.25) is 0 Å². The Labute approximate surface area is 287 Å². The normalized spacial score (nSPS) is 12.2. The van der Waals surface area contributed by atoms with Crippen LogP contribution in [0.3, 0.4) is 0 Å². The highest BCUT2D eigenvalue weighted by Crippen LogP contribution is 2.46. The second kappa shape index (κ2) is 10.6. The van der Waals surface area contributed by atoms with Crippen LogP contribution in [0.5, 0.6) is 0 Å². The lowest BCUT2D eigenvalue weighted by Gasteiger charge is -2.18. The third kappa shape index (κ3) is 3.86. The van der Waals surface area contributed by atoms with Gasteiger partial charge in [0.25, 0.3) is 0 Å². The van der Waals surface area contributed by atoms with Crippen LogP contribution in [0, 0.1) is 104 Å². The number of hydrogen-bond donors (Lipinski definition) is 0. The van der Waals surface area contributed by atoms with Gasteiger partial charge in [0.05, 0.1) is 22.1 Å². The molecule has 2 nitrogen and oxygen atoms in total. The highest BCUT2D eigenvalue weighted by molar-refractivity contribution is 6.17. The Balaban J connectivity index is 1.54. The molecule has 0 amide bonds. The quantitative estimate of drug-likeness (QED) is 0.179. The standard InChI is InChI=1S/C46H52N2/c1-21-24(4)32(12)43-39(27(21)7)40-31(11)30(10)38(35(15)44(40)47(43)16)36-17-19-37(20-18-36)48-45-33(13)25(5)22(2)28(8)41(45)42-29(9)23(3)26(6)34(14)46(42)48/h17-20H,1-16H3. The first-order valence-electron chi connectivity index (χ1n) is 17.6. The molecule has 0 unspecified atom stereocenters. The van der Waals surface area contributed by atoms with Gasteiger partial charge in [0.15, 0.2) is 0 Å². The molecule has 0 bridgehead atoms. The van der Waals surface area contributed by atoms with E-state index in [9.17, 15) is 0 Å². The summed E-state index contributed by atoms with van der Waals surface area (Å²) in [4.78, 5) is 0. The molecule has 0 aliphatic carbocycles. The highest BCUT2D eigenvalue weighted by Gasteiger charge is 2.26. The minimum Gasteiger partial charge on any atom is -0.343 e. The number of aryl methyl sites for hydroxylation is 9. The Hall–Kier alpha value is -4.30. The fourth-order valence-electron chi connectivity index (χ4n) is 9.33. The van der Waals surface area contributed by atoms with Gasteiger partial charge in [0.2, 0.25) is 0 Å². The molecule has 2 heteroatoms. The summed E-state index contributed by atoms with van der Waals surface area (Å²) in [5.41, 5.74) is 30.2. The lowest BCUT2D eigenvalue weighted by atomic mass is 9.87. The van der Waals surface area contributed by atoms with Crippen LogP contribution in [-0.4, -0.2) is 9.13 Å². The molecule has 0 aliphatic heterocycles. The minimum absolute atomic E-state index is 1.23. The van der Waals surface area contributed by atoms with Gasteiger partial charge in [-0.1, -0.05) is 12.1 Å². The molecule has 2 heterocycles. The topological polar surface area (TPSA) is 9.86 Å². The highest BCUT2D eigenvalue weighted by atomic mass is 15.0. The van der Waals surface area contributed by atoms with Gasteiger partial charge in [-0.25, -0.2) is 0 Å². The van der Waals surface area contributed by atoms with Gasteiger partial charge in [0.1, 0.15) is 0 Å². The van der Waals surface area contributed by atoms with Crippen molar-refractivity contribution in [2.24, 2.45) is 7.05 Å². The predicted molar refractivity (Wildman–Crippen MR) is 211 cm³/mol. The predicted octanol–water partition coefficient (Wildman–Crippen LogP) is 12.7. The Kier molecular flexibility index (Phi) is 7.12. The second-order valence-electron chi connectivity index (χ2n) is 15.1. The Morgan fingerprint density at radius 3 is 1.04 bits per heavy atom. The first-order chi connectivity index (χ1) is 22.5. The number of benzene rings is 5. The largest absolute Gasteiger partial charge is 0.343 e. The summed E-state index contributed by atoms with van der Waals surface area (Å²) in [6.45, 7) is 34.6. The van der Waals surface area contributed by atoms with Gasteiger partial charge in [-0.2, -0.15) is 0 Å². The molecule has 5 aromatic carbocycles. The van der Waals surface area contributed by atoms with Crippen molar-refractivity contribution >= 4 is 43.6 Å². The van der Waals surface area contributed by atoms with Crippen molar-refractivity contribution in [2.45, 2.75) is 104 Å². The van der Waals surface area contributed by atoms with Gasteiger partial charge >= 0.3 is 0 Å². The van der Waals surface area contributed by atoms with E-state index in [1.807, 2.05) is 0 Å². The Morgan fingerprint density at radius 2 is 0.625 bits per heavy atom. The summed E-state index contributed by atoms with van der Waals surface area (Å²) in [5.74, 6) is 0. The molecule has 7 aromatic rings. The fourth-order valence-corrected chi connectivity index (χ4v) is 9.33. The van der Waals surface area contributed by atoms with Crippen LogP contribution in [0.1, 0.15) is 83.5 Å². The van der Waals surface area contributed by atoms with Crippen LogP contribution >= 0.6 is 0 Å². The first-order valence-corrected chi connectivity index (χ1v) is 17.6. The summed E-state index contributed by atoms with van der Waals surface area (Å²) in [5, 5.41) is 5.68. The molecular weight excluding hydrogens is 581 g/mol. The van der Waals surface area contributed by atoms with E-state index in [1.165, 1.54) is 144 Å². The minimum atomic E-state index is 1.23. The third-order valence-electron chi connectivity index (χ3n) is 13.3. The summed E-state index contributed by atoms with van der Waals surface area (Å²) in [7, 11) is 2.27. The van der Waals surface area contributed by atoms with E-state index >= 15 is 0 Å². The molecule has 2 aromatic heterocycles. The van der Waals surface area contributed by atoms with Crippen molar-refractivity contribution in [3.8, 4) is 16.8 Å². The maximum Gasteiger partial charge on any atom is 0.0575 e. The van der Waals surface area contributed by atoms with E-state index < -0.39 is 0 Å². The summed E-state index contributed by atoms with van der Waals surface area (Å²) in [6, 6.07) is 9.47. The van der Waals surface area contributed by atoms with Crippen molar-refractivity contribution in [1.29, 1.82) is 0 Å². The third-order valence-corrected chi connectivity index (χ3v) is 13.3. The average molecular weight is 633 g/mol. The molecule has 0 N–H and O–H groups in total. The van der Waals surface area contributed by atoms with Crippen LogP contribution in [0.4, 0.5) is 0 Å². The summed E-state index contributed by atoms with van der Waals surface area (Å²) >= 11 is 0. The lowest BCUT2D eigenvalue weighted by Crippen LogP contribution is -2.01. The van der Waals surface area contributed by atoms with Crippen molar-refractivity contribution in [2.75, 3.05) is 0 Å². The van der Waals surface area contributed by atoms with Gasteiger partial charge in [0, 0.05) is 34.3 Å². The van der Waals surface area contributed by atoms with Gasteiger partial charge in [-0.3, -0.25) is 0 Å². The molecule has 0 aliphatic rings. The zero-order valence-electron chi connectivity index (χ0n) is 32.2. The lowest BCUT2D eigenvalue weighted by molar-refractivity contribution is 0.997. The number of rotatable bonds is 2. The van der Waals surface area contributed by atoms with Gasteiger partial charge in [-0.05, 0) is 211 Å². The van der Waals surface area contributed by atoms with Gasteiger partial charge < -0.3 is 9.13 Å². The van der Waals surface area contributed by atoms with E-state index in [-0.39, 0.29) is 0 Å². The Bertz CT molecular complexity index is 2500. The zero-order chi connectivity index (χ0) is 35.0. The SMILES string of the molecule is Cc1c(C)c(C)c2c(c1C)c1c(C)c(C)c(-c3ccc(-n4c5c(C)c(C)c(C)c(C)c5c5c(C)c(C)c(C)c(C)c54)cc3)c(C)c1n2C.